The van der Waals surface area contributed by atoms with Crippen molar-refractivity contribution in [3.05, 3.63) is 86.2 Å². The van der Waals surface area contributed by atoms with E-state index in [1.54, 1.807) is 10.9 Å². The number of thiophene rings is 1. The molecule has 4 aromatic rings. The molecule has 0 bridgehead atoms. The molecule has 4 rings (SSSR count). The lowest BCUT2D eigenvalue weighted by Crippen LogP contribution is -2.21. The molecular weight excluding hydrogens is 396 g/mol. The Balaban J connectivity index is 1.83. The second-order valence-corrected chi connectivity index (χ2v) is 7.78. The highest BCUT2D eigenvalue weighted by molar-refractivity contribution is 9.10. The molecule has 3 nitrogen and oxygen atoms in total. The Morgan fingerprint density at radius 3 is 2.72 bits per heavy atom. The molecule has 0 aliphatic rings. The number of rotatable bonds is 3. The molecule has 0 radical (unpaired) electrons. The molecule has 2 heterocycles. The largest absolute Gasteiger partial charge is 0.294 e. The predicted octanol–water partition coefficient (Wildman–Crippen LogP) is 5.24. The summed E-state index contributed by atoms with van der Waals surface area (Å²) >= 11 is 4.96. The van der Waals surface area contributed by atoms with E-state index in [9.17, 15) is 4.79 Å². The van der Waals surface area contributed by atoms with E-state index in [0.29, 0.717) is 11.9 Å². The minimum atomic E-state index is 0.00525. The number of hydrogen-bond donors (Lipinski definition) is 0. The fraction of sp³-hybridized carbons (Fsp3) is 0.100. The maximum absolute atomic E-state index is 13.1. The summed E-state index contributed by atoms with van der Waals surface area (Å²) in [5.41, 5.74) is 4.27. The molecule has 0 fully saturated rings. The Morgan fingerprint density at radius 1 is 1.16 bits per heavy atom. The van der Waals surface area contributed by atoms with Crippen LogP contribution in [-0.2, 0) is 6.54 Å². The van der Waals surface area contributed by atoms with Gasteiger partial charge in [0, 0.05) is 15.4 Å². The van der Waals surface area contributed by atoms with Crippen molar-refractivity contribution in [1.82, 2.24) is 9.55 Å². The lowest BCUT2D eigenvalue weighted by atomic mass is 10.1. The minimum Gasteiger partial charge on any atom is -0.294 e. The minimum absolute atomic E-state index is 0.00525. The first-order valence-corrected chi connectivity index (χ1v) is 9.57. The Kier molecular flexibility index (Phi) is 4.27. The van der Waals surface area contributed by atoms with Gasteiger partial charge in [-0.1, -0.05) is 57.9 Å². The van der Waals surface area contributed by atoms with Crippen LogP contribution in [0.4, 0.5) is 0 Å². The first kappa shape index (κ1) is 16.2. The van der Waals surface area contributed by atoms with Crippen LogP contribution in [0.5, 0.6) is 0 Å². The highest BCUT2D eigenvalue weighted by Crippen LogP contribution is 2.31. The van der Waals surface area contributed by atoms with Gasteiger partial charge in [-0.05, 0) is 30.2 Å². The van der Waals surface area contributed by atoms with Crippen LogP contribution >= 0.6 is 27.3 Å². The third-order valence-electron chi connectivity index (χ3n) is 4.15. The molecule has 0 amide bonds. The molecule has 2 aromatic heterocycles. The van der Waals surface area contributed by atoms with Crippen molar-refractivity contribution >= 4 is 37.5 Å². The van der Waals surface area contributed by atoms with Crippen molar-refractivity contribution in [3.8, 4) is 11.1 Å². The van der Waals surface area contributed by atoms with Crippen LogP contribution in [0.15, 0.2) is 69.5 Å². The molecule has 0 atom stereocenters. The van der Waals surface area contributed by atoms with Crippen molar-refractivity contribution in [2.75, 3.05) is 0 Å². The van der Waals surface area contributed by atoms with Crippen LogP contribution < -0.4 is 5.56 Å². The van der Waals surface area contributed by atoms with Crippen LogP contribution in [0.25, 0.3) is 21.3 Å². The summed E-state index contributed by atoms with van der Waals surface area (Å²) in [5, 5.41) is 2.71. The second kappa shape index (κ2) is 6.58. The number of hydrogen-bond acceptors (Lipinski definition) is 3. The number of halogens is 1. The zero-order valence-electron chi connectivity index (χ0n) is 13.6. The van der Waals surface area contributed by atoms with Gasteiger partial charge in [-0.3, -0.25) is 9.36 Å². The monoisotopic (exact) mass is 410 g/mol. The van der Waals surface area contributed by atoms with Crippen LogP contribution in [0.2, 0.25) is 0 Å². The van der Waals surface area contributed by atoms with E-state index in [1.807, 2.05) is 41.8 Å². The van der Waals surface area contributed by atoms with Crippen molar-refractivity contribution in [2.24, 2.45) is 0 Å². The van der Waals surface area contributed by atoms with Crippen molar-refractivity contribution < 1.29 is 0 Å². The Hall–Kier alpha value is -2.24. The van der Waals surface area contributed by atoms with E-state index in [0.717, 1.165) is 26.0 Å². The molecule has 0 saturated carbocycles. The molecule has 0 aliphatic carbocycles. The highest BCUT2D eigenvalue weighted by atomic mass is 79.9. The van der Waals surface area contributed by atoms with Crippen LogP contribution in [0, 0.1) is 6.92 Å². The maximum atomic E-state index is 13.1. The van der Waals surface area contributed by atoms with Crippen molar-refractivity contribution in [2.45, 2.75) is 13.5 Å². The zero-order valence-corrected chi connectivity index (χ0v) is 16.0. The summed E-state index contributed by atoms with van der Waals surface area (Å²) in [6.07, 6.45) is 1.65. The number of nitrogens with zero attached hydrogens (tertiary/aromatic N) is 2. The molecule has 5 heteroatoms. The van der Waals surface area contributed by atoms with Crippen LogP contribution in [-0.4, -0.2) is 9.55 Å². The summed E-state index contributed by atoms with van der Waals surface area (Å²) < 4.78 is 2.71. The molecule has 0 N–H and O–H groups in total. The normalized spacial score (nSPS) is 11.1. The zero-order chi connectivity index (χ0) is 17.4. The van der Waals surface area contributed by atoms with E-state index in [4.69, 9.17) is 0 Å². The van der Waals surface area contributed by atoms with Gasteiger partial charge in [0.05, 0.1) is 18.3 Å². The quantitative estimate of drug-likeness (QED) is 0.462. The van der Waals surface area contributed by atoms with Gasteiger partial charge >= 0.3 is 0 Å². The van der Waals surface area contributed by atoms with Gasteiger partial charge in [-0.2, -0.15) is 0 Å². The van der Waals surface area contributed by atoms with Gasteiger partial charge in [0.1, 0.15) is 4.83 Å². The first-order valence-electron chi connectivity index (χ1n) is 7.90. The first-order chi connectivity index (χ1) is 12.1. The summed E-state index contributed by atoms with van der Waals surface area (Å²) in [7, 11) is 0. The number of aromatic nitrogens is 2. The van der Waals surface area contributed by atoms with Gasteiger partial charge in [0.15, 0.2) is 0 Å². The summed E-state index contributed by atoms with van der Waals surface area (Å²) in [6, 6.07) is 16.2. The average Bonchev–Trinajstić information content (AvgIpc) is 3.03. The van der Waals surface area contributed by atoms with Crippen LogP contribution in [0.3, 0.4) is 0 Å². The molecule has 25 heavy (non-hydrogen) atoms. The van der Waals surface area contributed by atoms with Gasteiger partial charge in [-0.25, -0.2) is 4.98 Å². The van der Waals surface area contributed by atoms with E-state index < -0.39 is 0 Å². The van der Waals surface area contributed by atoms with Gasteiger partial charge in [0.25, 0.3) is 5.56 Å². The second-order valence-electron chi connectivity index (χ2n) is 6.00. The summed E-state index contributed by atoms with van der Waals surface area (Å²) in [6.45, 7) is 2.58. The molecule has 0 spiro atoms. The van der Waals surface area contributed by atoms with E-state index >= 15 is 0 Å². The van der Waals surface area contributed by atoms with Gasteiger partial charge in [0.2, 0.25) is 0 Å². The Bertz CT molecular complexity index is 1110. The lowest BCUT2D eigenvalue weighted by molar-refractivity contribution is 0.749. The fourth-order valence-electron chi connectivity index (χ4n) is 2.93. The predicted molar refractivity (Wildman–Crippen MR) is 107 cm³/mol. The lowest BCUT2D eigenvalue weighted by Gasteiger charge is -2.07. The highest BCUT2D eigenvalue weighted by Gasteiger charge is 2.13. The SMILES string of the molecule is Cc1cccc(Cn2cnc3scc(-c4ccc(Br)cc4)c3c2=O)c1. The van der Waals surface area contributed by atoms with Gasteiger partial charge < -0.3 is 0 Å². The molecular formula is C20H15BrN2OS. The summed E-state index contributed by atoms with van der Waals surface area (Å²) in [5.74, 6) is 0. The average molecular weight is 411 g/mol. The number of aryl methyl sites for hydroxylation is 1. The summed E-state index contributed by atoms with van der Waals surface area (Å²) in [4.78, 5) is 18.3. The third-order valence-corrected chi connectivity index (χ3v) is 5.57. The van der Waals surface area contributed by atoms with E-state index in [2.05, 4.69) is 40.0 Å². The standard InChI is InChI=1S/C20H15BrN2OS/c1-13-3-2-4-14(9-13)10-23-12-22-19-18(20(23)24)17(11-25-19)15-5-7-16(21)8-6-15/h2-9,11-12H,10H2,1H3. The Labute approximate surface area is 157 Å². The van der Waals surface area contributed by atoms with Gasteiger partial charge in [-0.15, -0.1) is 11.3 Å². The molecule has 124 valence electrons. The molecule has 0 aliphatic heterocycles. The molecule has 0 unspecified atom stereocenters. The molecule has 2 aromatic carbocycles. The smallest absolute Gasteiger partial charge is 0.263 e. The number of benzene rings is 2. The maximum Gasteiger partial charge on any atom is 0.263 e. The van der Waals surface area contributed by atoms with Crippen molar-refractivity contribution in [3.63, 3.8) is 0 Å². The van der Waals surface area contributed by atoms with Crippen molar-refractivity contribution in [1.29, 1.82) is 0 Å². The topological polar surface area (TPSA) is 34.9 Å². The fourth-order valence-corrected chi connectivity index (χ4v) is 4.10. The van der Waals surface area contributed by atoms with Crippen LogP contribution in [0.1, 0.15) is 11.1 Å². The number of fused-ring (bicyclic) bond motifs is 1. The van der Waals surface area contributed by atoms with E-state index in [-0.39, 0.29) is 5.56 Å². The van der Waals surface area contributed by atoms with E-state index in [1.165, 1.54) is 16.9 Å². The molecule has 0 saturated heterocycles. The third kappa shape index (κ3) is 3.17. The Morgan fingerprint density at radius 2 is 1.96 bits per heavy atom.